The van der Waals surface area contributed by atoms with Crippen molar-refractivity contribution in [1.82, 2.24) is 0 Å². The van der Waals surface area contributed by atoms with Crippen LogP contribution in [-0.4, -0.2) is 28.2 Å². The van der Waals surface area contributed by atoms with E-state index in [0.717, 1.165) is 0 Å². The summed E-state index contributed by atoms with van der Waals surface area (Å²) in [4.78, 5) is 4.23. The zero-order valence-electron chi connectivity index (χ0n) is 21.4. The molecule has 36 heavy (non-hydrogen) atoms. The fourth-order valence-corrected chi connectivity index (χ4v) is 4.47. The van der Waals surface area contributed by atoms with Crippen molar-refractivity contribution in [2.75, 3.05) is 38.0 Å². The molecule has 0 atom stereocenters. The van der Waals surface area contributed by atoms with Gasteiger partial charge in [-0.25, -0.2) is 0 Å². The van der Waals surface area contributed by atoms with Gasteiger partial charge in [-0.1, -0.05) is 85.0 Å². The van der Waals surface area contributed by atoms with Crippen LogP contribution in [0.4, 0.5) is 11.4 Å². The smallest absolute Gasteiger partial charge is 0.0361 e. The molecule has 178 valence electrons. The lowest BCUT2D eigenvalue weighted by Gasteiger charge is -2.11. The second kappa shape index (κ2) is 10.1. The van der Waals surface area contributed by atoms with Crippen LogP contribution in [0.2, 0.25) is 0 Å². The summed E-state index contributed by atoms with van der Waals surface area (Å²) in [5, 5.41) is 5.10. The highest BCUT2D eigenvalue weighted by atomic mass is 15.1. The largest absolute Gasteiger partial charge is 0.378 e. The standard InChI is InChI=1S/C34H32N2/c1-35(2)31-17-9-25(10-18-31)5-7-27-13-21-33-29(23-27)15-16-30-24-28(14-22-34(30)33)8-6-26-11-19-32(20-12-26)36(3)4/h5-24H,1-4H3. The summed E-state index contributed by atoms with van der Waals surface area (Å²) in [5.41, 5.74) is 7.24. The summed E-state index contributed by atoms with van der Waals surface area (Å²) >= 11 is 0. The van der Waals surface area contributed by atoms with Gasteiger partial charge in [-0.2, -0.15) is 0 Å². The molecule has 5 aromatic rings. The van der Waals surface area contributed by atoms with Gasteiger partial charge in [0.1, 0.15) is 0 Å². The van der Waals surface area contributed by atoms with E-state index in [4.69, 9.17) is 0 Å². The Bertz CT molecular complexity index is 1430. The SMILES string of the molecule is CN(C)c1ccc(C=Cc2ccc3c(ccc4cc(C=Cc5ccc(N(C)C)cc5)ccc43)c2)cc1. The van der Waals surface area contributed by atoms with E-state index in [1.807, 2.05) is 0 Å². The van der Waals surface area contributed by atoms with Crippen molar-refractivity contribution in [2.45, 2.75) is 0 Å². The van der Waals surface area contributed by atoms with Crippen LogP contribution in [0.1, 0.15) is 22.3 Å². The highest BCUT2D eigenvalue weighted by Crippen LogP contribution is 2.28. The Morgan fingerprint density at radius 2 is 0.722 bits per heavy atom. The van der Waals surface area contributed by atoms with E-state index in [-0.39, 0.29) is 0 Å². The third kappa shape index (κ3) is 5.18. The summed E-state index contributed by atoms with van der Waals surface area (Å²) < 4.78 is 0. The van der Waals surface area contributed by atoms with Crippen molar-refractivity contribution in [2.24, 2.45) is 0 Å². The Labute approximate surface area is 214 Å². The van der Waals surface area contributed by atoms with Crippen molar-refractivity contribution in [3.8, 4) is 0 Å². The Morgan fingerprint density at radius 3 is 1.08 bits per heavy atom. The molecule has 0 fully saturated rings. The Kier molecular flexibility index (Phi) is 6.60. The lowest BCUT2D eigenvalue weighted by molar-refractivity contribution is 1.13. The van der Waals surface area contributed by atoms with E-state index in [1.165, 1.54) is 55.2 Å². The quantitative estimate of drug-likeness (QED) is 0.182. The second-order valence-electron chi connectivity index (χ2n) is 9.67. The van der Waals surface area contributed by atoms with E-state index < -0.39 is 0 Å². The number of nitrogens with zero attached hydrogens (tertiary/aromatic N) is 2. The van der Waals surface area contributed by atoms with Crippen LogP contribution in [0.25, 0.3) is 45.8 Å². The molecule has 5 aromatic carbocycles. The summed E-state index contributed by atoms with van der Waals surface area (Å²) in [6.45, 7) is 0. The van der Waals surface area contributed by atoms with Crippen LogP contribution in [0.3, 0.4) is 0 Å². The van der Waals surface area contributed by atoms with Crippen molar-refractivity contribution in [3.05, 3.63) is 119 Å². The molecule has 0 saturated carbocycles. The average Bonchev–Trinajstić information content (AvgIpc) is 2.90. The highest BCUT2D eigenvalue weighted by Gasteiger charge is 2.03. The molecular weight excluding hydrogens is 436 g/mol. The van der Waals surface area contributed by atoms with Gasteiger partial charge in [0.25, 0.3) is 0 Å². The van der Waals surface area contributed by atoms with Gasteiger partial charge in [-0.15, -0.1) is 0 Å². The maximum atomic E-state index is 2.27. The van der Waals surface area contributed by atoms with Crippen molar-refractivity contribution < 1.29 is 0 Å². The minimum absolute atomic E-state index is 1.20. The normalized spacial score (nSPS) is 11.7. The van der Waals surface area contributed by atoms with Crippen LogP contribution in [0, 0.1) is 0 Å². The fourth-order valence-electron chi connectivity index (χ4n) is 4.47. The number of fused-ring (bicyclic) bond motifs is 3. The monoisotopic (exact) mass is 468 g/mol. The van der Waals surface area contributed by atoms with Crippen molar-refractivity contribution in [1.29, 1.82) is 0 Å². The maximum Gasteiger partial charge on any atom is 0.0361 e. The molecule has 0 radical (unpaired) electrons. The third-order valence-corrected chi connectivity index (χ3v) is 6.64. The van der Waals surface area contributed by atoms with Gasteiger partial charge in [0.05, 0.1) is 0 Å². The molecular formula is C34H32N2. The van der Waals surface area contributed by atoms with Crippen molar-refractivity contribution in [3.63, 3.8) is 0 Å². The molecule has 0 amide bonds. The average molecular weight is 469 g/mol. The minimum atomic E-state index is 1.20. The molecule has 0 aliphatic heterocycles. The predicted molar refractivity (Wildman–Crippen MR) is 161 cm³/mol. The maximum absolute atomic E-state index is 2.27. The van der Waals surface area contributed by atoms with Crippen molar-refractivity contribution >= 4 is 57.2 Å². The van der Waals surface area contributed by atoms with Crippen LogP contribution in [-0.2, 0) is 0 Å². The second-order valence-corrected chi connectivity index (χ2v) is 9.67. The molecule has 2 heteroatoms. The van der Waals surface area contributed by atoms with Gasteiger partial charge < -0.3 is 9.80 Å². The van der Waals surface area contributed by atoms with E-state index in [2.05, 4.69) is 159 Å². The van der Waals surface area contributed by atoms with Crippen LogP contribution in [0.5, 0.6) is 0 Å². The lowest BCUT2D eigenvalue weighted by atomic mass is 9.98. The van der Waals surface area contributed by atoms with Gasteiger partial charge in [-0.05, 0) is 80.2 Å². The zero-order chi connectivity index (χ0) is 25.1. The number of hydrogen-bond acceptors (Lipinski definition) is 2. The first-order chi connectivity index (χ1) is 17.5. The Hall–Kier alpha value is -4.30. The summed E-state index contributed by atoms with van der Waals surface area (Å²) in [5.74, 6) is 0. The first kappa shape index (κ1) is 23.4. The van der Waals surface area contributed by atoms with Crippen LogP contribution in [0.15, 0.2) is 97.1 Å². The first-order valence-corrected chi connectivity index (χ1v) is 12.3. The van der Waals surface area contributed by atoms with Crippen LogP contribution < -0.4 is 9.80 Å². The highest BCUT2D eigenvalue weighted by molar-refractivity contribution is 6.08. The molecule has 0 N–H and O–H groups in total. The predicted octanol–water partition coefficient (Wildman–Crippen LogP) is 8.47. The summed E-state index contributed by atoms with van der Waals surface area (Å²) in [6, 6.07) is 35.1. The van der Waals surface area contributed by atoms with Gasteiger partial charge >= 0.3 is 0 Å². The van der Waals surface area contributed by atoms with Gasteiger partial charge in [0.15, 0.2) is 0 Å². The van der Waals surface area contributed by atoms with E-state index in [1.54, 1.807) is 0 Å². The van der Waals surface area contributed by atoms with E-state index >= 15 is 0 Å². The van der Waals surface area contributed by atoms with Gasteiger partial charge in [-0.3, -0.25) is 0 Å². The topological polar surface area (TPSA) is 6.48 Å². The van der Waals surface area contributed by atoms with Gasteiger partial charge in [0, 0.05) is 39.6 Å². The Morgan fingerprint density at radius 1 is 0.389 bits per heavy atom. The molecule has 0 unspecified atom stereocenters. The lowest BCUT2D eigenvalue weighted by Crippen LogP contribution is -2.07. The van der Waals surface area contributed by atoms with E-state index in [9.17, 15) is 0 Å². The minimum Gasteiger partial charge on any atom is -0.378 e. The molecule has 0 aliphatic rings. The number of benzene rings is 5. The third-order valence-electron chi connectivity index (χ3n) is 6.64. The zero-order valence-corrected chi connectivity index (χ0v) is 21.4. The Balaban J connectivity index is 1.36. The molecule has 0 bridgehead atoms. The molecule has 0 aliphatic carbocycles. The molecule has 0 saturated heterocycles. The molecule has 5 rings (SSSR count). The first-order valence-electron chi connectivity index (χ1n) is 12.3. The molecule has 0 heterocycles. The molecule has 0 aromatic heterocycles. The number of anilines is 2. The molecule has 0 spiro atoms. The van der Waals surface area contributed by atoms with Gasteiger partial charge in [0.2, 0.25) is 0 Å². The van der Waals surface area contributed by atoms with Crippen LogP contribution >= 0.6 is 0 Å². The fraction of sp³-hybridized carbons (Fsp3) is 0.118. The summed E-state index contributed by atoms with van der Waals surface area (Å²) in [6.07, 6.45) is 8.73. The summed E-state index contributed by atoms with van der Waals surface area (Å²) in [7, 11) is 8.25. The number of rotatable bonds is 6. The number of hydrogen-bond donors (Lipinski definition) is 0. The molecule has 2 nitrogen and oxygen atoms in total. The van der Waals surface area contributed by atoms with E-state index in [0.29, 0.717) is 0 Å².